The van der Waals surface area contributed by atoms with E-state index in [9.17, 15) is 9.59 Å². The van der Waals surface area contributed by atoms with Crippen molar-refractivity contribution in [3.8, 4) is 0 Å². The van der Waals surface area contributed by atoms with Crippen LogP contribution in [0.25, 0.3) is 10.4 Å². The van der Waals surface area contributed by atoms with Gasteiger partial charge in [0.2, 0.25) is 6.10 Å². The Labute approximate surface area is 103 Å². The first-order valence-corrected chi connectivity index (χ1v) is 5.05. The Kier molecular flexibility index (Phi) is 4.71. The number of rotatable bonds is 5. The number of azide groups is 1. The molecule has 0 aliphatic heterocycles. The van der Waals surface area contributed by atoms with E-state index in [0.717, 1.165) is 6.92 Å². The molecule has 0 amide bonds. The first-order chi connectivity index (χ1) is 8.56. The van der Waals surface area contributed by atoms with E-state index >= 15 is 0 Å². The average molecular weight is 249 g/mol. The van der Waals surface area contributed by atoms with E-state index in [4.69, 9.17) is 10.6 Å². The second kappa shape index (κ2) is 6.27. The van der Waals surface area contributed by atoms with Gasteiger partial charge < -0.3 is 9.84 Å². The molecular formula is C11H11N3O4. The molecule has 18 heavy (non-hydrogen) atoms. The summed E-state index contributed by atoms with van der Waals surface area (Å²) in [5, 5.41) is 12.4. The lowest BCUT2D eigenvalue weighted by Gasteiger charge is -2.19. The molecule has 7 heteroatoms. The van der Waals surface area contributed by atoms with E-state index < -0.39 is 24.1 Å². The number of nitrogens with zero attached hydrogens (tertiary/aromatic N) is 3. The van der Waals surface area contributed by atoms with Crippen molar-refractivity contribution in [2.24, 2.45) is 5.11 Å². The standard InChI is InChI=1S/C11H11N3O4/c1-7(15)18-10(11(16)17)9(13-14-12)8-5-3-2-4-6-8/h2-6,9-10H,1H3,(H,16,17)/t9-,10+/m1/s1. The fraction of sp³-hybridized carbons (Fsp3) is 0.273. The zero-order chi connectivity index (χ0) is 13.5. The van der Waals surface area contributed by atoms with Gasteiger partial charge in [0.25, 0.3) is 0 Å². The number of benzene rings is 1. The maximum Gasteiger partial charge on any atom is 0.345 e. The second-order valence-corrected chi connectivity index (χ2v) is 3.43. The van der Waals surface area contributed by atoms with E-state index in [-0.39, 0.29) is 0 Å². The smallest absolute Gasteiger partial charge is 0.345 e. The predicted octanol–water partition coefficient (Wildman–Crippen LogP) is 2.05. The van der Waals surface area contributed by atoms with Crippen LogP contribution in [-0.2, 0) is 14.3 Å². The molecule has 7 nitrogen and oxygen atoms in total. The molecule has 0 bridgehead atoms. The lowest BCUT2D eigenvalue weighted by molar-refractivity contribution is -0.164. The molecule has 0 saturated heterocycles. The van der Waals surface area contributed by atoms with Gasteiger partial charge in [-0.2, -0.15) is 0 Å². The lowest BCUT2D eigenvalue weighted by Crippen LogP contribution is -2.31. The van der Waals surface area contributed by atoms with Crippen LogP contribution in [0.3, 0.4) is 0 Å². The van der Waals surface area contributed by atoms with E-state index in [1.165, 1.54) is 0 Å². The number of carbonyl (C=O) groups excluding carboxylic acids is 1. The summed E-state index contributed by atoms with van der Waals surface area (Å²) in [4.78, 5) is 24.5. The summed E-state index contributed by atoms with van der Waals surface area (Å²) >= 11 is 0. The maximum absolute atomic E-state index is 11.1. The molecule has 0 heterocycles. The molecule has 0 saturated carbocycles. The molecule has 2 atom stereocenters. The minimum absolute atomic E-state index is 0.462. The summed E-state index contributed by atoms with van der Waals surface area (Å²) in [6.07, 6.45) is -1.54. The van der Waals surface area contributed by atoms with Crippen LogP contribution in [0.2, 0.25) is 0 Å². The van der Waals surface area contributed by atoms with Crippen LogP contribution in [0.15, 0.2) is 35.4 Å². The molecule has 0 spiro atoms. The molecule has 0 aromatic heterocycles. The van der Waals surface area contributed by atoms with Crippen LogP contribution in [0, 0.1) is 0 Å². The monoisotopic (exact) mass is 249 g/mol. The molecule has 94 valence electrons. The van der Waals surface area contributed by atoms with E-state index in [0.29, 0.717) is 5.56 Å². The van der Waals surface area contributed by atoms with Gasteiger partial charge in [0.1, 0.15) is 6.04 Å². The highest BCUT2D eigenvalue weighted by Gasteiger charge is 2.31. The highest BCUT2D eigenvalue weighted by molar-refractivity contribution is 5.78. The number of aliphatic carboxylic acids is 1. The van der Waals surface area contributed by atoms with Gasteiger partial charge in [-0.3, -0.25) is 4.79 Å². The molecule has 1 N–H and O–H groups in total. The second-order valence-electron chi connectivity index (χ2n) is 3.43. The fourth-order valence-electron chi connectivity index (χ4n) is 1.44. The summed E-state index contributed by atoms with van der Waals surface area (Å²) in [6.45, 7) is 1.09. The Morgan fingerprint density at radius 2 is 2.00 bits per heavy atom. The van der Waals surface area contributed by atoms with Gasteiger partial charge in [-0.25, -0.2) is 4.79 Å². The van der Waals surface area contributed by atoms with Crippen LogP contribution >= 0.6 is 0 Å². The summed E-state index contributed by atoms with van der Waals surface area (Å²) < 4.78 is 4.68. The van der Waals surface area contributed by atoms with Crippen LogP contribution in [-0.4, -0.2) is 23.1 Å². The Bertz CT molecular complexity index is 482. The molecule has 0 fully saturated rings. The van der Waals surface area contributed by atoms with Crippen LogP contribution in [0.4, 0.5) is 0 Å². The lowest BCUT2D eigenvalue weighted by atomic mass is 10.0. The highest BCUT2D eigenvalue weighted by atomic mass is 16.6. The van der Waals surface area contributed by atoms with Gasteiger partial charge in [0, 0.05) is 11.8 Å². The number of carbonyl (C=O) groups is 2. The Hall–Kier alpha value is -2.53. The van der Waals surface area contributed by atoms with Crippen LogP contribution in [0.1, 0.15) is 18.5 Å². The van der Waals surface area contributed by atoms with Crippen molar-refractivity contribution in [1.29, 1.82) is 0 Å². The van der Waals surface area contributed by atoms with Gasteiger partial charge in [0.05, 0.1) is 0 Å². The van der Waals surface area contributed by atoms with E-state index in [1.54, 1.807) is 30.3 Å². The zero-order valence-corrected chi connectivity index (χ0v) is 9.56. The fourth-order valence-corrected chi connectivity index (χ4v) is 1.44. The molecule has 1 rings (SSSR count). The molecule has 0 aliphatic carbocycles. The number of esters is 1. The molecular weight excluding hydrogens is 238 g/mol. The summed E-state index contributed by atoms with van der Waals surface area (Å²) in [6, 6.07) is 7.16. The van der Waals surface area contributed by atoms with Gasteiger partial charge >= 0.3 is 11.9 Å². The minimum atomic E-state index is -1.54. The zero-order valence-electron chi connectivity index (χ0n) is 9.56. The third kappa shape index (κ3) is 3.50. The summed E-state index contributed by atoms with van der Waals surface area (Å²) in [7, 11) is 0. The van der Waals surface area contributed by atoms with Crippen molar-refractivity contribution in [2.75, 3.05) is 0 Å². The third-order valence-corrected chi connectivity index (χ3v) is 2.14. The van der Waals surface area contributed by atoms with Crippen molar-refractivity contribution in [2.45, 2.75) is 19.1 Å². The predicted molar refractivity (Wildman–Crippen MR) is 61.5 cm³/mol. The number of carboxylic acids is 1. The van der Waals surface area contributed by atoms with Crippen LogP contribution in [0.5, 0.6) is 0 Å². The van der Waals surface area contributed by atoms with Crippen molar-refractivity contribution in [1.82, 2.24) is 0 Å². The molecule has 0 radical (unpaired) electrons. The van der Waals surface area contributed by atoms with Crippen molar-refractivity contribution >= 4 is 11.9 Å². The molecule has 1 aromatic rings. The highest BCUT2D eigenvalue weighted by Crippen LogP contribution is 2.24. The quantitative estimate of drug-likeness (QED) is 0.372. The van der Waals surface area contributed by atoms with Gasteiger partial charge in [-0.1, -0.05) is 35.4 Å². The topological polar surface area (TPSA) is 112 Å². The van der Waals surface area contributed by atoms with Crippen molar-refractivity contribution in [3.05, 3.63) is 46.3 Å². The molecule has 0 aliphatic rings. The van der Waals surface area contributed by atoms with Crippen LogP contribution < -0.4 is 0 Å². The third-order valence-electron chi connectivity index (χ3n) is 2.14. The van der Waals surface area contributed by atoms with Gasteiger partial charge in [-0.15, -0.1) is 0 Å². The van der Waals surface area contributed by atoms with Crippen molar-refractivity contribution in [3.63, 3.8) is 0 Å². The Morgan fingerprint density at radius 3 is 2.44 bits per heavy atom. The Morgan fingerprint density at radius 1 is 1.39 bits per heavy atom. The SMILES string of the molecule is CC(=O)O[C@H](C(=O)O)[C@H](N=[N+]=[N-])c1ccccc1. The first-order valence-electron chi connectivity index (χ1n) is 5.05. The van der Waals surface area contributed by atoms with E-state index in [1.807, 2.05) is 0 Å². The minimum Gasteiger partial charge on any atom is -0.478 e. The molecule has 1 aromatic carbocycles. The van der Waals surface area contributed by atoms with Crippen molar-refractivity contribution < 1.29 is 19.4 Å². The number of hydrogen-bond acceptors (Lipinski definition) is 4. The summed E-state index contributed by atoms with van der Waals surface area (Å²) in [5.74, 6) is -2.12. The molecule has 0 unspecified atom stereocenters. The van der Waals surface area contributed by atoms with E-state index in [2.05, 4.69) is 14.8 Å². The largest absolute Gasteiger partial charge is 0.478 e. The average Bonchev–Trinajstić information content (AvgIpc) is 2.34. The number of hydrogen-bond donors (Lipinski definition) is 1. The first kappa shape index (κ1) is 13.5. The number of carboxylic acid groups (broad SMARTS) is 1. The maximum atomic E-state index is 11.1. The van der Waals surface area contributed by atoms with Gasteiger partial charge in [-0.05, 0) is 11.1 Å². The van der Waals surface area contributed by atoms with Gasteiger partial charge in [0.15, 0.2) is 0 Å². The Balaban J connectivity index is 3.12. The number of ether oxygens (including phenoxy) is 1. The summed E-state index contributed by atoms with van der Waals surface area (Å²) in [5.41, 5.74) is 8.95. The normalized spacial score (nSPS) is 12.9.